The second-order valence-electron chi connectivity index (χ2n) is 5.45. The van der Waals surface area contributed by atoms with Crippen molar-refractivity contribution >= 4 is 29.0 Å². The summed E-state index contributed by atoms with van der Waals surface area (Å²) in [5, 5.41) is 24.9. The van der Waals surface area contributed by atoms with Crippen LogP contribution in [-0.2, 0) is 7.05 Å². The van der Waals surface area contributed by atoms with Crippen LogP contribution in [0, 0.1) is 10.1 Å². The molecule has 0 saturated heterocycles. The van der Waals surface area contributed by atoms with Gasteiger partial charge in [0, 0.05) is 24.1 Å². The molecule has 1 heterocycles. The van der Waals surface area contributed by atoms with Gasteiger partial charge in [0.2, 0.25) is 5.16 Å². The average molecular weight is 422 g/mol. The number of alkyl halides is 2. The predicted molar refractivity (Wildman–Crippen MR) is 97.0 cm³/mol. The molecule has 0 unspecified atom stereocenters. The van der Waals surface area contributed by atoms with Crippen LogP contribution in [0.2, 0.25) is 0 Å². The highest BCUT2D eigenvalue weighted by atomic mass is 32.2. The molecule has 3 rings (SSSR count). The van der Waals surface area contributed by atoms with E-state index in [0.29, 0.717) is 10.1 Å². The second kappa shape index (κ2) is 8.60. The zero-order valence-corrected chi connectivity index (χ0v) is 15.5. The Morgan fingerprint density at radius 1 is 1.31 bits per heavy atom. The molecule has 10 nitrogen and oxygen atoms in total. The Morgan fingerprint density at radius 2 is 2.07 bits per heavy atom. The Kier molecular flexibility index (Phi) is 5.97. The number of carbonyl (C=O) groups excluding carboxylic acids is 1. The van der Waals surface area contributed by atoms with Gasteiger partial charge in [0.1, 0.15) is 5.75 Å². The normalized spacial score (nSPS) is 10.8. The monoisotopic (exact) mass is 422 g/mol. The van der Waals surface area contributed by atoms with E-state index in [0.717, 1.165) is 17.8 Å². The van der Waals surface area contributed by atoms with Gasteiger partial charge in [0.15, 0.2) is 0 Å². The number of benzene rings is 2. The minimum Gasteiger partial charge on any atom is -0.433 e. The van der Waals surface area contributed by atoms with Gasteiger partial charge in [-0.2, -0.15) is 8.78 Å². The number of halogens is 2. The van der Waals surface area contributed by atoms with Gasteiger partial charge in [-0.25, -0.2) is 4.68 Å². The SMILES string of the molecule is Cn1nnnc1Sc1ccc([N+](=O)[O-])cc1C(=O)Nc1ccccc1OC(F)F. The molecule has 0 aliphatic rings. The van der Waals surface area contributed by atoms with Gasteiger partial charge in [0.05, 0.1) is 16.2 Å². The summed E-state index contributed by atoms with van der Waals surface area (Å²) >= 11 is 1.01. The highest BCUT2D eigenvalue weighted by molar-refractivity contribution is 7.99. The predicted octanol–water partition coefficient (Wildman–Crippen LogP) is 3.12. The van der Waals surface area contributed by atoms with Crippen LogP contribution in [0.4, 0.5) is 20.2 Å². The van der Waals surface area contributed by atoms with Crippen molar-refractivity contribution in [1.29, 1.82) is 0 Å². The summed E-state index contributed by atoms with van der Waals surface area (Å²) in [4.78, 5) is 23.6. The van der Waals surface area contributed by atoms with Crippen LogP contribution in [0.3, 0.4) is 0 Å². The van der Waals surface area contributed by atoms with E-state index in [1.807, 2.05) is 0 Å². The molecule has 1 aromatic heterocycles. The van der Waals surface area contributed by atoms with Crippen LogP contribution in [0.5, 0.6) is 5.75 Å². The maximum atomic E-state index is 12.8. The smallest absolute Gasteiger partial charge is 0.387 e. The Balaban J connectivity index is 1.95. The molecule has 0 atom stereocenters. The number of hydrogen-bond donors (Lipinski definition) is 1. The van der Waals surface area contributed by atoms with Crippen molar-refractivity contribution in [1.82, 2.24) is 20.2 Å². The van der Waals surface area contributed by atoms with Crippen molar-refractivity contribution in [3.8, 4) is 5.75 Å². The third kappa shape index (κ3) is 4.82. The quantitative estimate of drug-likeness (QED) is 0.455. The van der Waals surface area contributed by atoms with Gasteiger partial charge in [-0.15, -0.1) is 5.10 Å². The molecule has 1 N–H and O–H groups in total. The first-order chi connectivity index (χ1) is 13.8. The number of para-hydroxylation sites is 2. The van der Waals surface area contributed by atoms with Gasteiger partial charge in [-0.3, -0.25) is 14.9 Å². The number of carbonyl (C=O) groups is 1. The van der Waals surface area contributed by atoms with E-state index in [9.17, 15) is 23.7 Å². The number of nitrogens with zero attached hydrogens (tertiary/aromatic N) is 5. The summed E-state index contributed by atoms with van der Waals surface area (Å²) < 4.78 is 30.9. The number of aromatic nitrogens is 4. The van der Waals surface area contributed by atoms with Crippen LogP contribution in [-0.4, -0.2) is 37.6 Å². The standard InChI is InChI=1S/C16H12F2N6O4S/c1-23-16(20-21-22-23)29-13-7-6-9(24(26)27)8-10(13)14(25)19-11-4-2-3-5-12(11)28-15(17)18/h2-8,15H,1H3,(H,19,25). The molecule has 0 fully saturated rings. The number of nitro benzene ring substituents is 1. The fourth-order valence-corrected chi connectivity index (χ4v) is 3.10. The maximum Gasteiger partial charge on any atom is 0.387 e. The van der Waals surface area contributed by atoms with E-state index >= 15 is 0 Å². The lowest BCUT2D eigenvalue weighted by atomic mass is 10.1. The lowest BCUT2D eigenvalue weighted by molar-refractivity contribution is -0.384. The molecule has 29 heavy (non-hydrogen) atoms. The van der Waals surface area contributed by atoms with Crippen molar-refractivity contribution in [3.05, 3.63) is 58.1 Å². The zero-order valence-electron chi connectivity index (χ0n) is 14.7. The fraction of sp³-hybridized carbons (Fsp3) is 0.125. The van der Waals surface area contributed by atoms with Gasteiger partial charge in [0.25, 0.3) is 11.6 Å². The number of non-ortho nitro benzene ring substituents is 1. The Labute approximate surface area is 166 Å². The number of aryl methyl sites for hydroxylation is 1. The molecule has 0 aliphatic heterocycles. The minimum atomic E-state index is -3.08. The first kappa shape index (κ1) is 20.1. The average Bonchev–Trinajstić information content (AvgIpc) is 3.07. The zero-order chi connectivity index (χ0) is 21.0. The summed E-state index contributed by atoms with van der Waals surface area (Å²) in [6.07, 6.45) is 0. The molecular weight excluding hydrogens is 410 g/mol. The number of hydrogen-bond acceptors (Lipinski definition) is 8. The van der Waals surface area contributed by atoms with E-state index in [1.165, 1.54) is 41.1 Å². The number of rotatable bonds is 7. The number of amides is 1. The molecule has 13 heteroatoms. The van der Waals surface area contributed by atoms with Crippen LogP contribution in [0.1, 0.15) is 10.4 Å². The van der Waals surface area contributed by atoms with Crippen molar-refractivity contribution < 1.29 is 23.2 Å². The van der Waals surface area contributed by atoms with E-state index in [-0.39, 0.29) is 22.7 Å². The van der Waals surface area contributed by atoms with Gasteiger partial charge in [-0.05, 0) is 40.4 Å². The number of tetrazole rings is 1. The highest BCUT2D eigenvalue weighted by Gasteiger charge is 2.21. The Bertz CT molecular complexity index is 1060. The van der Waals surface area contributed by atoms with E-state index in [2.05, 4.69) is 25.6 Å². The molecule has 3 aromatic rings. The topological polar surface area (TPSA) is 125 Å². The molecule has 2 aromatic carbocycles. The first-order valence-corrected chi connectivity index (χ1v) is 8.70. The number of ether oxygens (including phenoxy) is 1. The summed E-state index contributed by atoms with van der Waals surface area (Å²) in [6.45, 7) is -3.08. The summed E-state index contributed by atoms with van der Waals surface area (Å²) in [5.41, 5.74) is -0.382. The third-order valence-corrected chi connectivity index (χ3v) is 4.66. The Morgan fingerprint density at radius 3 is 2.72 bits per heavy atom. The molecule has 0 saturated carbocycles. The lowest BCUT2D eigenvalue weighted by Gasteiger charge is -2.13. The summed E-state index contributed by atoms with van der Waals surface area (Å²) in [6, 6.07) is 9.30. The molecule has 0 aliphatic carbocycles. The summed E-state index contributed by atoms with van der Waals surface area (Å²) in [5.74, 6) is -0.996. The van der Waals surface area contributed by atoms with E-state index in [4.69, 9.17) is 0 Å². The van der Waals surface area contributed by atoms with Crippen LogP contribution in [0.25, 0.3) is 0 Å². The number of nitro groups is 1. The molecule has 0 spiro atoms. The Hall–Kier alpha value is -3.61. The highest BCUT2D eigenvalue weighted by Crippen LogP contribution is 2.32. The molecule has 0 bridgehead atoms. The fourth-order valence-electron chi connectivity index (χ4n) is 2.26. The van der Waals surface area contributed by atoms with Gasteiger partial charge < -0.3 is 10.1 Å². The largest absolute Gasteiger partial charge is 0.433 e. The van der Waals surface area contributed by atoms with E-state index < -0.39 is 17.4 Å². The minimum absolute atomic E-state index is 0.0134. The summed E-state index contributed by atoms with van der Waals surface area (Å²) in [7, 11) is 1.59. The molecular formula is C16H12F2N6O4S. The van der Waals surface area contributed by atoms with Crippen molar-refractivity contribution in [2.24, 2.45) is 7.05 Å². The van der Waals surface area contributed by atoms with Crippen molar-refractivity contribution in [2.75, 3.05) is 5.32 Å². The van der Waals surface area contributed by atoms with Crippen LogP contribution >= 0.6 is 11.8 Å². The first-order valence-electron chi connectivity index (χ1n) is 7.89. The molecule has 0 radical (unpaired) electrons. The van der Waals surface area contributed by atoms with Crippen molar-refractivity contribution in [2.45, 2.75) is 16.7 Å². The van der Waals surface area contributed by atoms with Gasteiger partial charge in [-0.1, -0.05) is 12.1 Å². The third-order valence-electron chi connectivity index (χ3n) is 3.55. The number of nitrogens with one attached hydrogen (secondary N) is 1. The van der Waals surface area contributed by atoms with Gasteiger partial charge >= 0.3 is 6.61 Å². The van der Waals surface area contributed by atoms with E-state index in [1.54, 1.807) is 7.05 Å². The second-order valence-corrected chi connectivity index (χ2v) is 6.46. The van der Waals surface area contributed by atoms with Crippen LogP contribution < -0.4 is 10.1 Å². The molecule has 150 valence electrons. The lowest BCUT2D eigenvalue weighted by Crippen LogP contribution is -2.15. The van der Waals surface area contributed by atoms with Crippen molar-refractivity contribution in [3.63, 3.8) is 0 Å². The van der Waals surface area contributed by atoms with Crippen LogP contribution in [0.15, 0.2) is 52.5 Å². The molecule has 1 amide bonds. The maximum absolute atomic E-state index is 12.8. The number of anilines is 1.